The van der Waals surface area contributed by atoms with Gasteiger partial charge in [-0.2, -0.15) is 0 Å². The molecule has 0 aliphatic heterocycles. The largest absolute Gasteiger partial charge is 0.381 e. The van der Waals surface area contributed by atoms with Crippen LogP contribution in [-0.2, 0) is 6.54 Å². The van der Waals surface area contributed by atoms with Crippen LogP contribution in [0, 0.1) is 6.92 Å². The average Bonchev–Trinajstić information content (AvgIpc) is 3.23. The first kappa shape index (κ1) is 12.6. The lowest BCUT2D eigenvalue weighted by molar-refractivity contribution is 1.10. The van der Waals surface area contributed by atoms with Gasteiger partial charge in [-0.3, -0.25) is 0 Å². The summed E-state index contributed by atoms with van der Waals surface area (Å²) in [6, 6.07) is 14.9. The molecule has 1 aliphatic rings. The van der Waals surface area contributed by atoms with E-state index >= 15 is 0 Å². The van der Waals surface area contributed by atoms with Crippen LogP contribution in [0.25, 0.3) is 0 Å². The molecule has 2 aromatic carbocycles. The Labute approximate surface area is 119 Å². The van der Waals surface area contributed by atoms with Crippen molar-refractivity contribution < 1.29 is 0 Å². The SMILES string of the molecule is Cc1cc(Cl)ccc1NCc1ccc(C2CC2)cc1. The molecule has 0 atom stereocenters. The Morgan fingerprint density at radius 3 is 2.47 bits per heavy atom. The van der Waals surface area contributed by atoms with Crippen molar-refractivity contribution in [2.75, 3.05) is 5.32 Å². The number of aryl methyl sites for hydroxylation is 1. The summed E-state index contributed by atoms with van der Waals surface area (Å²) in [5.41, 5.74) is 5.14. The van der Waals surface area contributed by atoms with Crippen molar-refractivity contribution in [3.05, 3.63) is 64.2 Å². The van der Waals surface area contributed by atoms with Gasteiger partial charge in [0.15, 0.2) is 0 Å². The molecule has 1 nitrogen and oxygen atoms in total. The summed E-state index contributed by atoms with van der Waals surface area (Å²) in [5.74, 6) is 0.834. The summed E-state index contributed by atoms with van der Waals surface area (Å²) >= 11 is 5.96. The fourth-order valence-corrected chi connectivity index (χ4v) is 2.57. The van der Waals surface area contributed by atoms with Crippen molar-refractivity contribution in [1.82, 2.24) is 0 Å². The Bertz CT molecular complexity index is 570. The first-order chi connectivity index (χ1) is 9.22. The zero-order valence-corrected chi connectivity index (χ0v) is 11.9. The molecule has 0 aromatic heterocycles. The first-order valence-electron chi connectivity index (χ1n) is 6.81. The molecule has 0 bridgehead atoms. The monoisotopic (exact) mass is 271 g/mol. The Morgan fingerprint density at radius 2 is 1.84 bits per heavy atom. The third-order valence-electron chi connectivity index (χ3n) is 3.70. The van der Waals surface area contributed by atoms with Crippen LogP contribution in [0.15, 0.2) is 42.5 Å². The highest BCUT2D eigenvalue weighted by Gasteiger charge is 2.22. The second kappa shape index (κ2) is 5.26. The van der Waals surface area contributed by atoms with E-state index in [1.54, 1.807) is 0 Å². The van der Waals surface area contributed by atoms with Gasteiger partial charge in [-0.1, -0.05) is 35.9 Å². The van der Waals surface area contributed by atoms with Gasteiger partial charge in [0.2, 0.25) is 0 Å². The lowest BCUT2D eigenvalue weighted by Crippen LogP contribution is -2.01. The molecule has 0 saturated heterocycles. The van der Waals surface area contributed by atoms with Crippen molar-refractivity contribution in [3.8, 4) is 0 Å². The Balaban J connectivity index is 1.64. The van der Waals surface area contributed by atoms with Crippen molar-refractivity contribution in [2.24, 2.45) is 0 Å². The minimum absolute atomic E-state index is 0.789. The molecule has 3 rings (SSSR count). The Morgan fingerprint density at radius 1 is 1.11 bits per heavy atom. The number of hydrogen-bond donors (Lipinski definition) is 1. The van der Waals surface area contributed by atoms with Gasteiger partial charge in [-0.05, 0) is 60.6 Å². The zero-order chi connectivity index (χ0) is 13.2. The highest BCUT2D eigenvalue weighted by atomic mass is 35.5. The molecule has 1 saturated carbocycles. The number of benzene rings is 2. The second-order valence-corrected chi connectivity index (χ2v) is 5.77. The van der Waals surface area contributed by atoms with Crippen LogP contribution in [0.5, 0.6) is 0 Å². The minimum atomic E-state index is 0.789. The highest BCUT2D eigenvalue weighted by Crippen LogP contribution is 2.39. The van der Waals surface area contributed by atoms with Gasteiger partial charge in [-0.25, -0.2) is 0 Å². The van der Waals surface area contributed by atoms with Gasteiger partial charge < -0.3 is 5.32 Å². The van der Waals surface area contributed by atoms with E-state index in [0.717, 1.165) is 23.2 Å². The van der Waals surface area contributed by atoms with Crippen LogP contribution in [0.2, 0.25) is 5.02 Å². The van der Waals surface area contributed by atoms with Gasteiger partial charge >= 0.3 is 0 Å². The molecule has 1 N–H and O–H groups in total. The molecular weight excluding hydrogens is 254 g/mol. The summed E-state index contributed by atoms with van der Waals surface area (Å²) in [5, 5.41) is 4.25. The van der Waals surface area contributed by atoms with E-state index in [0.29, 0.717) is 0 Å². The zero-order valence-electron chi connectivity index (χ0n) is 11.1. The standard InChI is InChI=1S/C17H18ClN/c1-12-10-16(18)8-9-17(12)19-11-13-2-4-14(5-3-13)15-6-7-15/h2-5,8-10,15,19H,6-7,11H2,1H3. The maximum absolute atomic E-state index is 5.96. The second-order valence-electron chi connectivity index (χ2n) is 5.33. The van der Waals surface area contributed by atoms with Crippen molar-refractivity contribution >= 4 is 17.3 Å². The molecule has 2 aromatic rings. The van der Waals surface area contributed by atoms with Crippen molar-refractivity contribution in [3.63, 3.8) is 0 Å². The molecule has 0 spiro atoms. The van der Waals surface area contributed by atoms with E-state index in [2.05, 4.69) is 36.5 Å². The topological polar surface area (TPSA) is 12.0 Å². The molecule has 0 heterocycles. The van der Waals surface area contributed by atoms with Crippen molar-refractivity contribution in [2.45, 2.75) is 32.2 Å². The lowest BCUT2D eigenvalue weighted by atomic mass is 10.1. The van der Waals surface area contributed by atoms with E-state index in [4.69, 9.17) is 11.6 Å². The quantitative estimate of drug-likeness (QED) is 0.812. The molecular formula is C17H18ClN. The van der Waals surface area contributed by atoms with E-state index < -0.39 is 0 Å². The number of halogens is 1. The van der Waals surface area contributed by atoms with E-state index in [1.165, 1.54) is 29.5 Å². The Hall–Kier alpha value is -1.47. The number of rotatable bonds is 4. The van der Waals surface area contributed by atoms with Crippen LogP contribution in [0.1, 0.15) is 35.4 Å². The summed E-state index contributed by atoms with van der Waals surface area (Å²) < 4.78 is 0. The molecule has 98 valence electrons. The van der Waals surface area contributed by atoms with Gasteiger partial charge in [0.05, 0.1) is 0 Å². The van der Waals surface area contributed by atoms with Crippen molar-refractivity contribution in [1.29, 1.82) is 0 Å². The summed E-state index contributed by atoms with van der Waals surface area (Å²) in [4.78, 5) is 0. The average molecular weight is 272 g/mol. The maximum Gasteiger partial charge on any atom is 0.0410 e. The summed E-state index contributed by atoms with van der Waals surface area (Å²) in [6.07, 6.45) is 2.73. The van der Waals surface area contributed by atoms with Crippen LogP contribution in [-0.4, -0.2) is 0 Å². The van der Waals surface area contributed by atoms with E-state index in [1.807, 2.05) is 18.2 Å². The summed E-state index contributed by atoms with van der Waals surface area (Å²) in [6.45, 7) is 2.93. The highest BCUT2D eigenvalue weighted by molar-refractivity contribution is 6.30. The fourth-order valence-electron chi connectivity index (χ4n) is 2.35. The minimum Gasteiger partial charge on any atom is -0.381 e. The third-order valence-corrected chi connectivity index (χ3v) is 3.93. The smallest absolute Gasteiger partial charge is 0.0410 e. The normalized spacial score (nSPS) is 14.4. The van der Waals surface area contributed by atoms with Crippen LogP contribution < -0.4 is 5.32 Å². The fraction of sp³-hybridized carbons (Fsp3) is 0.294. The molecule has 0 radical (unpaired) electrons. The predicted molar refractivity (Wildman–Crippen MR) is 81.9 cm³/mol. The third kappa shape index (κ3) is 3.10. The molecule has 0 unspecified atom stereocenters. The predicted octanol–water partition coefficient (Wildman–Crippen LogP) is 5.14. The van der Waals surface area contributed by atoms with Crippen LogP contribution in [0.3, 0.4) is 0 Å². The lowest BCUT2D eigenvalue weighted by Gasteiger charge is -2.10. The maximum atomic E-state index is 5.96. The number of anilines is 1. The molecule has 2 heteroatoms. The van der Waals surface area contributed by atoms with Gasteiger partial charge in [-0.15, -0.1) is 0 Å². The van der Waals surface area contributed by atoms with Gasteiger partial charge in [0.25, 0.3) is 0 Å². The molecule has 19 heavy (non-hydrogen) atoms. The molecule has 0 amide bonds. The van der Waals surface area contributed by atoms with Gasteiger partial charge in [0, 0.05) is 17.3 Å². The molecule has 1 fully saturated rings. The molecule has 1 aliphatic carbocycles. The Kier molecular flexibility index (Phi) is 3.48. The van der Waals surface area contributed by atoms with E-state index in [-0.39, 0.29) is 0 Å². The summed E-state index contributed by atoms with van der Waals surface area (Å²) in [7, 11) is 0. The van der Waals surface area contributed by atoms with Gasteiger partial charge in [0.1, 0.15) is 0 Å². The van der Waals surface area contributed by atoms with E-state index in [9.17, 15) is 0 Å². The number of nitrogens with one attached hydrogen (secondary N) is 1. The van der Waals surface area contributed by atoms with Crippen LogP contribution >= 0.6 is 11.6 Å². The van der Waals surface area contributed by atoms with Crippen LogP contribution in [0.4, 0.5) is 5.69 Å². The first-order valence-corrected chi connectivity index (χ1v) is 7.19. The number of hydrogen-bond acceptors (Lipinski definition) is 1.